The van der Waals surface area contributed by atoms with Crippen molar-refractivity contribution >= 4 is 29.0 Å². The van der Waals surface area contributed by atoms with Gasteiger partial charge in [-0.15, -0.1) is 11.3 Å². The van der Waals surface area contributed by atoms with Gasteiger partial charge in [-0.05, 0) is 5.75 Å². The normalized spacial score (nSPS) is 10.6. The van der Waals surface area contributed by atoms with E-state index in [1.807, 2.05) is 12.3 Å². The van der Waals surface area contributed by atoms with Gasteiger partial charge in [-0.1, -0.05) is 18.7 Å². The Morgan fingerprint density at radius 1 is 1.45 bits per heavy atom. The first kappa shape index (κ1) is 16.5. The van der Waals surface area contributed by atoms with E-state index >= 15 is 0 Å². The van der Waals surface area contributed by atoms with Crippen LogP contribution in [0.5, 0.6) is 0 Å². The number of rotatable bonds is 7. The fourth-order valence-electron chi connectivity index (χ4n) is 1.72. The minimum Gasteiger partial charge on any atom is -0.354 e. The van der Waals surface area contributed by atoms with Crippen molar-refractivity contribution in [2.24, 2.45) is 0 Å². The number of H-pyrrole nitrogens is 1. The number of aromatic nitrogens is 3. The number of amides is 1. The maximum Gasteiger partial charge on any atom is 0.265 e. The quantitative estimate of drug-likeness (QED) is 0.714. The predicted octanol–water partition coefficient (Wildman–Crippen LogP) is 0.464. The summed E-state index contributed by atoms with van der Waals surface area (Å²) >= 11 is 3.17. The molecule has 2 heterocycles. The molecule has 22 heavy (non-hydrogen) atoms. The molecule has 0 spiro atoms. The predicted molar refractivity (Wildman–Crippen MR) is 86.5 cm³/mol. The minimum absolute atomic E-state index is 0.162. The van der Waals surface area contributed by atoms with Crippen molar-refractivity contribution in [3.63, 3.8) is 0 Å². The molecule has 0 radical (unpaired) electrons. The number of thioether (sulfide) groups is 1. The molecule has 2 N–H and O–H groups in total. The second-order valence-electron chi connectivity index (χ2n) is 4.36. The average molecular weight is 340 g/mol. The summed E-state index contributed by atoms with van der Waals surface area (Å²) in [4.78, 5) is 38.8. The second kappa shape index (κ2) is 7.95. The number of carbonyl (C=O) groups is 1. The fraction of sp³-hybridized carbons (Fsp3) is 0.385. The summed E-state index contributed by atoms with van der Waals surface area (Å²) in [7, 11) is 0. The molecule has 0 unspecified atom stereocenters. The van der Waals surface area contributed by atoms with Crippen molar-refractivity contribution in [3.05, 3.63) is 43.9 Å². The van der Waals surface area contributed by atoms with Crippen LogP contribution in [0.4, 0.5) is 0 Å². The van der Waals surface area contributed by atoms with Crippen molar-refractivity contribution in [2.75, 3.05) is 12.3 Å². The SMILES string of the molecule is CCSc1nc(CC(=O)NCCn2[nH]c(=O)ccc2=O)cs1. The number of thiazole rings is 1. The topological polar surface area (TPSA) is 96.8 Å². The molecule has 2 aromatic heterocycles. The zero-order chi connectivity index (χ0) is 15.9. The van der Waals surface area contributed by atoms with Gasteiger partial charge in [0.25, 0.3) is 11.1 Å². The summed E-state index contributed by atoms with van der Waals surface area (Å²) < 4.78 is 2.13. The van der Waals surface area contributed by atoms with Crippen LogP contribution in [-0.2, 0) is 17.8 Å². The summed E-state index contributed by atoms with van der Waals surface area (Å²) in [6, 6.07) is 2.37. The Bertz CT molecular complexity index is 750. The highest BCUT2D eigenvalue weighted by molar-refractivity contribution is 8.00. The van der Waals surface area contributed by atoms with E-state index in [0.29, 0.717) is 0 Å². The van der Waals surface area contributed by atoms with Gasteiger partial charge in [-0.25, -0.2) is 9.67 Å². The molecule has 0 fully saturated rings. The first-order valence-corrected chi connectivity index (χ1v) is 8.59. The average Bonchev–Trinajstić information content (AvgIpc) is 2.90. The lowest BCUT2D eigenvalue weighted by molar-refractivity contribution is -0.120. The number of nitrogens with one attached hydrogen (secondary N) is 2. The molecule has 0 aliphatic carbocycles. The van der Waals surface area contributed by atoms with Gasteiger partial charge in [0, 0.05) is 24.1 Å². The van der Waals surface area contributed by atoms with Crippen LogP contribution in [0.2, 0.25) is 0 Å². The van der Waals surface area contributed by atoms with Gasteiger partial charge in [-0.2, -0.15) is 0 Å². The lowest BCUT2D eigenvalue weighted by Gasteiger charge is -2.06. The van der Waals surface area contributed by atoms with Gasteiger partial charge in [0.05, 0.1) is 18.7 Å². The van der Waals surface area contributed by atoms with Crippen LogP contribution in [0.1, 0.15) is 12.6 Å². The van der Waals surface area contributed by atoms with Crippen LogP contribution in [0, 0.1) is 0 Å². The molecule has 0 aliphatic heterocycles. The molecule has 9 heteroatoms. The Morgan fingerprint density at radius 3 is 3.05 bits per heavy atom. The van der Waals surface area contributed by atoms with E-state index in [0.717, 1.165) is 15.8 Å². The van der Waals surface area contributed by atoms with E-state index in [4.69, 9.17) is 0 Å². The summed E-state index contributed by atoms with van der Waals surface area (Å²) in [5.41, 5.74) is 0.0765. The molecule has 118 valence electrons. The van der Waals surface area contributed by atoms with E-state index < -0.39 is 0 Å². The van der Waals surface area contributed by atoms with Crippen molar-refractivity contribution < 1.29 is 4.79 Å². The molecule has 0 saturated carbocycles. The van der Waals surface area contributed by atoms with Gasteiger partial charge in [-0.3, -0.25) is 19.5 Å². The second-order valence-corrected chi connectivity index (χ2v) is 6.73. The van der Waals surface area contributed by atoms with E-state index in [-0.39, 0.29) is 36.5 Å². The Kier molecular flexibility index (Phi) is 5.96. The lowest BCUT2D eigenvalue weighted by Crippen LogP contribution is -2.34. The van der Waals surface area contributed by atoms with Gasteiger partial charge < -0.3 is 5.32 Å². The number of carbonyl (C=O) groups excluding carboxylic acids is 1. The Labute approximate surface area is 134 Å². The molecular formula is C13H16N4O3S2. The number of aromatic amines is 1. The first-order valence-electron chi connectivity index (χ1n) is 6.72. The zero-order valence-corrected chi connectivity index (χ0v) is 13.6. The summed E-state index contributed by atoms with van der Waals surface area (Å²) in [6.45, 7) is 2.53. The molecule has 0 bridgehead atoms. The third-order valence-electron chi connectivity index (χ3n) is 2.69. The third kappa shape index (κ3) is 4.85. The van der Waals surface area contributed by atoms with E-state index in [1.54, 1.807) is 11.8 Å². The number of hydrogen-bond donors (Lipinski definition) is 2. The highest BCUT2D eigenvalue weighted by Crippen LogP contribution is 2.22. The van der Waals surface area contributed by atoms with Gasteiger partial charge >= 0.3 is 0 Å². The highest BCUT2D eigenvalue weighted by atomic mass is 32.2. The van der Waals surface area contributed by atoms with E-state index in [1.165, 1.54) is 28.2 Å². The van der Waals surface area contributed by atoms with E-state index in [9.17, 15) is 14.4 Å². The maximum atomic E-state index is 11.8. The fourth-order valence-corrected chi connectivity index (χ4v) is 3.46. The van der Waals surface area contributed by atoms with Crippen LogP contribution < -0.4 is 16.4 Å². The lowest BCUT2D eigenvalue weighted by atomic mass is 10.3. The van der Waals surface area contributed by atoms with Gasteiger partial charge in [0.1, 0.15) is 4.34 Å². The Balaban J connectivity index is 1.81. The molecule has 0 aromatic carbocycles. The van der Waals surface area contributed by atoms with E-state index in [2.05, 4.69) is 15.4 Å². The van der Waals surface area contributed by atoms with Crippen LogP contribution in [0.15, 0.2) is 31.4 Å². The summed E-state index contributed by atoms with van der Waals surface area (Å²) in [5.74, 6) is 0.785. The number of hydrogen-bond acceptors (Lipinski definition) is 6. The Morgan fingerprint density at radius 2 is 2.27 bits per heavy atom. The minimum atomic E-state index is -0.352. The molecule has 2 aromatic rings. The first-order chi connectivity index (χ1) is 10.6. The molecular weight excluding hydrogens is 324 g/mol. The van der Waals surface area contributed by atoms with Crippen molar-refractivity contribution in [2.45, 2.75) is 24.2 Å². The Hall–Kier alpha value is -1.87. The maximum absolute atomic E-state index is 11.8. The molecule has 0 atom stereocenters. The van der Waals surface area contributed by atoms with Gasteiger partial charge in [0.2, 0.25) is 5.91 Å². The van der Waals surface area contributed by atoms with Crippen molar-refractivity contribution in [1.29, 1.82) is 0 Å². The molecule has 2 rings (SSSR count). The standard InChI is InChI=1S/C13H16N4O3S2/c1-2-21-13-15-9(8-22-13)7-11(19)14-5-6-17-12(20)4-3-10(18)16-17/h3-4,8H,2,5-7H2,1H3,(H,14,19)(H,16,18). The monoisotopic (exact) mass is 340 g/mol. The third-order valence-corrected chi connectivity index (χ3v) is 4.64. The highest BCUT2D eigenvalue weighted by Gasteiger charge is 2.07. The number of nitrogens with zero attached hydrogens (tertiary/aromatic N) is 2. The van der Waals surface area contributed by atoms with Crippen molar-refractivity contribution in [3.8, 4) is 0 Å². The molecule has 1 amide bonds. The smallest absolute Gasteiger partial charge is 0.265 e. The largest absolute Gasteiger partial charge is 0.354 e. The van der Waals surface area contributed by atoms with Crippen molar-refractivity contribution in [1.82, 2.24) is 20.1 Å². The van der Waals surface area contributed by atoms with Crippen LogP contribution in [-0.4, -0.2) is 33.0 Å². The van der Waals surface area contributed by atoms with Crippen LogP contribution >= 0.6 is 23.1 Å². The van der Waals surface area contributed by atoms with Crippen LogP contribution in [0.3, 0.4) is 0 Å². The molecule has 7 nitrogen and oxygen atoms in total. The molecule has 0 aliphatic rings. The van der Waals surface area contributed by atoms with Crippen LogP contribution in [0.25, 0.3) is 0 Å². The zero-order valence-electron chi connectivity index (χ0n) is 12.0. The summed E-state index contributed by atoms with van der Waals surface area (Å²) in [6.07, 6.45) is 0.209. The summed E-state index contributed by atoms with van der Waals surface area (Å²) in [5, 5.41) is 6.98. The molecule has 0 saturated heterocycles. The van der Waals surface area contributed by atoms with Gasteiger partial charge in [0.15, 0.2) is 0 Å².